The Labute approximate surface area is 128 Å². The highest BCUT2D eigenvalue weighted by atomic mass is 19.4. The molecule has 23 heavy (non-hydrogen) atoms. The second-order valence-corrected chi connectivity index (χ2v) is 5.12. The molecule has 0 bridgehead atoms. The number of rotatable bonds is 2. The van der Waals surface area contributed by atoms with Crippen molar-refractivity contribution in [3.05, 3.63) is 53.6 Å². The molecule has 0 saturated carbocycles. The van der Waals surface area contributed by atoms with Crippen LogP contribution in [0.25, 0.3) is 11.1 Å². The number of hydrogen-bond donors (Lipinski definition) is 2. The van der Waals surface area contributed by atoms with E-state index in [1.54, 1.807) is 18.2 Å². The van der Waals surface area contributed by atoms with Crippen LogP contribution >= 0.6 is 0 Å². The number of aliphatic hydroxyl groups excluding tert-OH is 1. The molecular weight excluding hydrogens is 313 g/mol. The van der Waals surface area contributed by atoms with Gasteiger partial charge in [-0.25, -0.2) is 4.79 Å². The average molecular weight is 324 g/mol. The molecule has 2 N–H and O–H groups in total. The van der Waals surface area contributed by atoms with Gasteiger partial charge in [0.05, 0.1) is 5.56 Å². The van der Waals surface area contributed by atoms with Gasteiger partial charge in [-0.15, -0.1) is 0 Å². The second-order valence-electron chi connectivity index (χ2n) is 5.12. The summed E-state index contributed by atoms with van der Waals surface area (Å²) in [6, 6.07) is 9.26. The fourth-order valence-electron chi connectivity index (χ4n) is 2.57. The summed E-state index contributed by atoms with van der Waals surface area (Å²) in [6.45, 7) is 0. The first-order valence-electron chi connectivity index (χ1n) is 6.67. The number of carbonyl (C=O) groups is 1. The van der Waals surface area contributed by atoms with Crippen LogP contribution in [-0.2, 0) is 11.0 Å². The largest absolute Gasteiger partial charge is 0.482 e. The van der Waals surface area contributed by atoms with E-state index < -0.39 is 29.9 Å². The Morgan fingerprint density at radius 1 is 1.13 bits per heavy atom. The van der Waals surface area contributed by atoms with E-state index in [1.807, 2.05) is 0 Å². The van der Waals surface area contributed by atoms with E-state index in [0.717, 1.165) is 18.2 Å². The first kappa shape index (κ1) is 15.4. The summed E-state index contributed by atoms with van der Waals surface area (Å²) in [5.74, 6) is -1.37. The molecule has 0 spiro atoms. The molecule has 1 aliphatic heterocycles. The molecule has 2 atom stereocenters. The highest BCUT2D eigenvalue weighted by Gasteiger charge is 2.37. The topological polar surface area (TPSA) is 66.8 Å². The van der Waals surface area contributed by atoms with Crippen LogP contribution in [0.4, 0.5) is 13.2 Å². The maximum absolute atomic E-state index is 12.9. The summed E-state index contributed by atoms with van der Waals surface area (Å²) < 4.78 is 44.1. The average Bonchev–Trinajstić information content (AvgIpc) is 2.52. The zero-order valence-corrected chi connectivity index (χ0v) is 11.5. The highest BCUT2D eigenvalue weighted by Crippen LogP contribution is 2.45. The molecule has 7 heteroatoms. The van der Waals surface area contributed by atoms with Gasteiger partial charge < -0.3 is 14.9 Å². The van der Waals surface area contributed by atoms with E-state index in [4.69, 9.17) is 9.84 Å². The van der Waals surface area contributed by atoms with Gasteiger partial charge in [-0.05, 0) is 23.8 Å². The van der Waals surface area contributed by atoms with Gasteiger partial charge in [0.1, 0.15) is 5.75 Å². The molecule has 0 fully saturated rings. The maximum Gasteiger partial charge on any atom is 0.416 e. The number of halogens is 3. The Balaban J connectivity index is 2.16. The van der Waals surface area contributed by atoms with E-state index in [0.29, 0.717) is 11.1 Å². The van der Waals surface area contributed by atoms with E-state index in [2.05, 4.69) is 0 Å². The van der Waals surface area contributed by atoms with Gasteiger partial charge in [0.25, 0.3) is 0 Å². The third-order valence-electron chi connectivity index (χ3n) is 3.66. The van der Waals surface area contributed by atoms with E-state index in [1.165, 1.54) is 6.07 Å². The molecule has 2 aromatic carbocycles. The quantitative estimate of drug-likeness (QED) is 0.890. The van der Waals surface area contributed by atoms with Gasteiger partial charge in [-0.2, -0.15) is 13.2 Å². The molecule has 1 aliphatic rings. The number of ether oxygens (including phenoxy) is 1. The first-order chi connectivity index (χ1) is 10.8. The molecule has 0 radical (unpaired) electrons. The zero-order valence-electron chi connectivity index (χ0n) is 11.5. The summed E-state index contributed by atoms with van der Waals surface area (Å²) in [7, 11) is 0. The van der Waals surface area contributed by atoms with Crippen molar-refractivity contribution < 1.29 is 32.9 Å². The van der Waals surface area contributed by atoms with E-state index >= 15 is 0 Å². The van der Waals surface area contributed by atoms with Crippen LogP contribution in [0.5, 0.6) is 5.75 Å². The molecule has 0 saturated heterocycles. The summed E-state index contributed by atoms with van der Waals surface area (Å²) in [5.41, 5.74) is 0.121. The zero-order chi connectivity index (χ0) is 16.8. The van der Waals surface area contributed by atoms with Crippen molar-refractivity contribution >= 4 is 5.97 Å². The molecule has 4 nitrogen and oxygen atoms in total. The lowest BCUT2D eigenvalue weighted by Gasteiger charge is -2.30. The number of hydrogen-bond acceptors (Lipinski definition) is 3. The fraction of sp³-hybridized carbons (Fsp3) is 0.188. The Hall–Kier alpha value is -2.54. The van der Waals surface area contributed by atoms with Crippen LogP contribution in [0.2, 0.25) is 0 Å². The van der Waals surface area contributed by atoms with Gasteiger partial charge in [0, 0.05) is 11.1 Å². The van der Waals surface area contributed by atoms with Gasteiger partial charge in [0.15, 0.2) is 12.2 Å². The van der Waals surface area contributed by atoms with Crippen molar-refractivity contribution in [3.63, 3.8) is 0 Å². The normalized spacial score (nSPS) is 17.7. The number of alkyl halides is 3. The van der Waals surface area contributed by atoms with Crippen molar-refractivity contribution in [1.29, 1.82) is 0 Å². The summed E-state index contributed by atoms with van der Waals surface area (Å²) in [6.07, 6.45) is -7.51. The highest BCUT2D eigenvalue weighted by molar-refractivity contribution is 5.79. The SMILES string of the molecule is O=C(O)C(O)C1Oc2ccc(C(F)(F)F)cc2-c2ccccc21. The second kappa shape index (κ2) is 5.27. The van der Waals surface area contributed by atoms with Gasteiger partial charge in [0.2, 0.25) is 0 Å². The molecule has 3 rings (SSSR count). The number of carboxylic acid groups (broad SMARTS) is 1. The van der Waals surface area contributed by atoms with Gasteiger partial charge in [-0.3, -0.25) is 0 Å². The van der Waals surface area contributed by atoms with Crippen molar-refractivity contribution in [3.8, 4) is 16.9 Å². The number of benzene rings is 2. The van der Waals surface area contributed by atoms with Crippen LogP contribution in [-0.4, -0.2) is 22.3 Å². The molecule has 0 aliphatic carbocycles. The minimum Gasteiger partial charge on any atom is -0.482 e. The van der Waals surface area contributed by atoms with Crippen LogP contribution in [0, 0.1) is 0 Å². The summed E-state index contributed by atoms with van der Waals surface area (Å²) in [4.78, 5) is 11.0. The molecular formula is C16H11F3O4. The van der Waals surface area contributed by atoms with Crippen molar-refractivity contribution in [2.45, 2.75) is 18.4 Å². The summed E-state index contributed by atoms with van der Waals surface area (Å²) in [5, 5.41) is 18.8. The Kier molecular flexibility index (Phi) is 3.52. The van der Waals surface area contributed by atoms with E-state index in [-0.39, 0.29) is 11.3 Å². The Morgan fingerprint density at radius 3 is 2.48 bits per heavy atom. The molecule has 2 unspecified atom stereocenters. The maximum atomic E-state index is 12.9. The lowest BCUT2D eigenvalue weighted by atomic mass is 9.89. The minimum atomic E-state index is -4.50. The molecule has 2 aromatic rings. The lowest BCUT2D eigenvalue weighted by Crippen LogP contribution is -2.33. The number of fused-ring (bicyclic) bond motifs is 3. The van der Waals surface area contributed by atoms with Crippen LogP contribution in [0.1, 0.15) is 17.2 Å². The van der Waals surface area contributed by atoms with Crippen LogP contribution in [0.3, 0.4) is 0 Å². The van der Waals surface area contributed by atoms with Crippen molar-refractivity contribution in [2.75, 3.05) is 0 Å². The minimum absolute atomic E-state index is 0.0991. The summed E-state index contributed by atoms with van der Waals surface area (Å²) >= 11 is 0. The number of carboxylic acids is 1. The molecule has 0 aromatic heterocycles. The van der Waals surface area contributed by atoms with Gasteiger partial charge >= 0.3 is 12.1 Å². The number of aliphatic hydroxyl groups is 1. The smallest absolute Gasteiger partial charge is 0.416 e. The molecule has 120 valence electrons. The Morgan fingerprint density at radius 2 is 1.83 bits per heavy atom. The third kappa shape index (κ3) is 2.63. The standard InChI is InChI=1S/C16H11F3O4/c17-16(18,19)8-5-6-12-11(7-8)9-3-1-2-4-10(9)14(23-12)13(20)15(21)22/h1-7,13-14,20H,(H,21,22). The van der Waals surface area contributed by atoms with Crippen molar-refractivity contribution in [2.24, 2.45) is 0 Å². The van der Waals surface area contributed by atoms with Crippen LogP contribution < -0.4 is 4.74 Å². The van der Waals surface area contributed by atoms with E-state index in [9.17, 15) is 23.1 Å². The number of aliphatic carboxylic acids is 1. The fourth-order valence-corrected chi connectivity index (χ4v) is 2.57. The lowest BCUT2D eigenvalue weighted by molar-refractivity contribution is -0.152. The predicted molar refractivity (Wildman–Crippen MR) is 73.9 cm³/mol. The van der Waals surface area contributed by atoms with Crippen molar-refractivity contribution in [1.82, 2.24) is 0 Å². The third-order valence-corrected chi connectivity index (χ3v) is 3.66. The first-order valence-corrected chi connectivity index (χ1v) is 6.67. The van der Waals surface area contributed by atoms with Gasteiger partial charge in [-0.1, -0.05) is 24.3 Å². The Bertz CT molecular complexity index is 770. The monoisotopic (exact) mass is 324 g/mol. The predicted octanol–water partition coefficient (Wildman–Crippen LogP) is 3.25. The molecule has 1 heterocycles. The van der Waals surface area contributed by atoms with Crippen LogP contribution in [0.15, 0.2) is 42.5 Å². The molecule has 0 amide bonds.